The topological polar surface area (TPSA) is 87.7 Å². The number of ether oxygens (including phenoxy) is 1. The predicted octanol–water partition coefficient (Wildman–Crippen LogP) is 5.35. The van der Waals surface area contributed by atoms with Crippen LogP contribution in [0.15, 0.2) is 77.5 Å². The average molecular weight is 496 g/mol. The van der Waals surface area contributed by atoms with E-state index in [1.165, 1.54) is 13.2 Å². The van der Waals surface area contributed by atoms with Crippen molar-refractivity contribution in [1.82, 2.24) is 0 Å². The Morgan fingerprint density at radius 1 is 0.941 bits per heavy atom. The molecular weight excluding hydrogens is 477 g/mol. The lowest BCUT2D eigenvalue weighted by Gasteiger charge is -2.18. The van der Waals surface area contributed by atoms with Gasteiger partial charge in [0.1, 0.15) is 16.5 Å². The third kappa shape index (κ3) is 4.48. The summed E-state index contributed by atoms with van der Waals surface area (Å²) in [5, 5.41) is 5.76. The van der Waals surface area contributed by atoms with Crippen LogP contribution in [-0.4, -0.2) is 24.8 Å². The maximum absolute atomic E-state index is 13.2. The van der Waals surface area contributed by atoms with Gasteiger partial charge in [0.15, 0.2) is 0 Å². The molecule has 3 aromatic carbocycles. The molecular formula is C25H19Cl2N3O4. The number of hydrogen-bond acceptors (Lipinski definition) is 5. The third-order valence-corrected chi connectivity index (χ3v) is 5.80. The normalized spacial score (nSPS) is 13.4. The monoisotopic (exact) mass is 495 g/mol. The van der Waals surface area contributed by atoms with E-state index in [4.69, 9.17) is 27.9 Å². The van der Waals surface area contributed by atoms with Gasteiger partial charge >= 0.3 is 0 Å². The summed E-state index contributed by atoms with van der Waals surface area (Å²) in [6.07, 6.45) is 0. The van der Waals surface area contributed by atoms with Crippen molar-refractivity contribution in [3.8, 4) is 5.75 Å². The Hall–Kier alpha value is -3.81. The fraction of sp³-hybridized carbons (Fsp3) is 0.0800. The van der Waals surface area contributed by atoms with Crippen molar-refractivity contribution in [2.24, 2.45) is 0 Å². The Bertz CT molecular complexity index is 1350. The summed E-state index contributed by atoms with van der Waals surface area (Å²) < 4.78 is 5.32. The van der Waals surface area contributed by atoms with Crippen molar-refractivity contribution in [2.45, 2.75) is 6.92 Å². The summed E-state index contributed by atoms with van der Waals surface area (Å²) in [6.45, 7) is 1.83. The molecule has 0 aromatic heterocycles. The third-order valence-electron chi connectivity index (χ3n) is 5.12. The Labute approximate surface area is 205 Å². The standard InChI is InChI=1S/C25H19Cl2N3O4/c1-14-10-11-20(34-2)19(12-14)30-24(32)21(27)22(25(30)33)28-16-7-5-6-15(13-16)23(31)29-18-9-4-3-8-17(18)26/h3-13,28H,1-2H3,(H,29,31). The van der Waals surface area contributed by atoms with E-state index in [-0.39, 0.29) is 10.7 Å². The van der Waals surface area contributed by atoms with Crippen LogP contribution >= 0.6 is 23.2 Å². The lowest BCUT2D eigenvalue weighted by atomic mass is 10.1. The molecule has 3 amide bonds. The number of hydrogen-bond donors (Lipinski definition) is 2. The predicted molar refractivity (Wildman–Crippen MR) is 133 cm³/mol. The van der Waals surface area contributed by atoms with Gasteiger partial charge in [0.2, 0.25) is 0 Å². The van der Waals surface area contributed by atoms with Gasteiger partial charge in [-0.15, -0.1) is 0 Å². The molecule has 7 nitrogen and oxygen atoms in total. The highest BCUT2D eigenvalue weighted by Crippen LogP contribution is 2.36. The van der Waals surface area contributed by atoms with Crippen LogP contribution in [0.5, 0.6) is 5.75 Å². The van der Waals surface area contributed by atoms with Gasteiger partial charge < -0.3 is 15.4 Å². The highest BCUT2D eigenvalue weighted by molar-refractivity contribution is 6.53. The Kier molecular flexibility index (Phi) is 6.58. The number of anilines is 3. The highest BCUT2D eigenvalue weighted by atomic mass is 35.5. The zero-order chi connectivity index (χ0) is 24.4. The molecule has 0 saturated heterocycles. The van der Waals surface area contributed by atoms with E-state index in [9.17, 15) is 14.4 Å². The highest BCUT2D eigenvalue weighted by Gasteiger charge is 2.40. The molecule has 4 rings (SSSR count). The lowest BCUT2D eigenvalue weighted by molar-refractivity contribution is -0.120. The number of benzene rings is 3. The molecule has 34 heavy (non-hydrogen) atoms. The van der Waals surface area contributed by atoms with Crippen molar-refractivity contribution in [2.75, 3.05) is 22.6 Å². The second-order valence-corrected chi connectivity index (χ2v) is 8.23. The average Bonchev–Trinajstić information content (AvgIpc) is 3.03. The molecule has 0 bridgehead atoms. The van der Waals surface area contributed by atoms with Gasteiger partial charge in [-0.2, -0.15) is 0 Å². The first-order chi connectivity index (χ1) is 16.3. The Morgan fingerprint density at radius 3 is 2.44 bits per heavy atom. The van der Waals surface area contributed by atoms with Crippen LogP contribution in [0.25, 0.3) is 0 Å². The molecule has 0 radical (unpaired) electrons. The SMILES string of the molecule is COc1ccc(C)cc1N1C(=O)C(Cl)=C(Nc2cccc(C(=O)Nc3ccccc3Cl)c2)C1=O. The first-order valence-corrected chi connectivity index (χ1v) is 10.9. The van der Waals surface area contributed by atoms with Crippen LogP contribution in [0.2, 0.25) is 5.02 Å². The second-order valence-electron chi connectivity index (χ2n) is 7.45. The molecule has 0 unspecified atom stereocenters. The summed E-state index contributed by atoms with van der Waals surface area (Å²) >= 11 is 12.4. The van der Waals surface area contributed by atoms with E-state index in [0.29, 0.717) is 33.4 Å². The summed E-state index contributed by atoms with van der Waals surface area (Å²) in [4.78, 5) is 39.7. The van der Waals surface area contributed by atoms with Gasteiger partial charge in [0.05, 0.1) is 23.5 Å². The Morgan fingerprint density at radius 2 is 1.71 bits per heavy atom. The molecule has 0 aliphatic carbocycles. The summed E-state index contributed by atoms with van der Waals surface area (Å²) in [5.74, 6) is -1.34. The van der Waals surface area contributed by atoms with E-state index in [2.05, 4.69) is 10.6 Å². The summed E-state index contributed by atoms with van der Waals surface area (Å²) in [7, 11) is 1.45. The number of aryl methyl sites for hydroxylation is 1. The van der Waals surface area contributed by atoms with E-state index in [0.717, 1.165) is 10.5 Å². The number of carbonyl (C=O) groups is 3. The van der Waals surface area contributed by atoms with Crippen LogP contribution in [0.4, 0.5) is 17.1 Å². The first-order valence-electron chi connectivity index (χ1n) is 10.2. The van der Waals surface area contributed by atoms with E-state index >= 15 is 0 Å². The number of methoxy groups -OCH3 is 1. The number of imide groups is 1. The molecule has 0 saturated carbocycles. The number of amides is 3. The molecule has 1 heterocycles. The van der Waals surface area contributed by atoms with Gasteiger partial charge in [0, 0.05) is 11.3 Å². The van der Waals surface area contributed by atoms with Gasteiger partial charge in [-0.25, -0.2) is 4.90 Å². The number of carbonyl (C=O) groups excluding carboxylic acids is 3. The molecule has 0 atom stereocenters. The van der Waals surface area contributed by atoms with E-state index in [1.807, 2.05) is 6.92 Å². The van der Waals surface area contributed by atoms with Crippen LogP contribution < -0.4 is 20.3 Å². The number of nitrogens with zero attached hydrogens (tertiary/aromatic N) is 1. The van der Waals surface area contributed by atoms with Gasteiger partial charge in [-0.3, -0.25) is 14.4 Å². The number of nitrogens with one attached hydrogen (secondary N) is 2. The van der Waals surface area contributed by atoms with Crippen molar-refractivity contribution < 1.29 is 19.1 Å². The van der Waals surface area contributed by atoms with Crippen molar-refractivity contribution >= 4 is 58.0 Å². The molecule has 0 spiro atoms. The molecule has 2 N–H and O–H groups in total. The van der Waals surface area contributed by atoms with Gasteiger partial charge in [0.25, 0.3) is 17.7 Å². The molecule has 3 aromatic rings. The van der Waals surface area contributed by atoms with Crippen molar-refractivity contribution in [3.05, 3.63) is 93.6 Å². The fourth-order valence-corrected chi connectivity index (χ4v) is 3.84. The largest absolute Gasteiger partial charge is 0.495 e. The number of rotatable bonds is 6. The smallest absolute Gasteiger partial charge is 0.283 e. The minimum absolute atomic E-state index is 0.0983. The molecule has 172 valence electrons. The molecule has 9 heteroatoms. The van der Waals surface area contributed by atoms with Gasteiger partial charge in [-0.1, -0.05) is 47.5 Å². The lowest BCUT2D eigenvalue weighted by Crippen LogP contribution is -2.32. The molecule has 1 aliphatic rings. The summed E-state index contributed by atoms with van der Waals surface area (Å²) in [6, 6.07) is 18.5. The van der Waals surface area contributed by atoms with Crippen LogP contribution in [0.1, 0.15) is 15.9 Å². The first kappa shape index (κ1) is 23.4. The number of para-hydroxylation sites is 1. The van der Waals surface area contributed by atoms with E-state index < -0.39 is 17.7 Å². The van der Waals surface area contributed by atoms with E-state index in [1.54, 1.807) is 60.7 Å². The number of halogens is 2. The van der Waals surface area contributed by atoms with Crippen molar-refractivity contribution in [3.63, 3.8) is 0 Å². The fourth-order valence-electron chi connectivity index (χ4n) is 3.44. The zero-order valence-electron chi connectivity index (χ0n) is 18.2. The molecule has 1 aliphatic heterocycles. The quantitative estimate of drug-likeness (QED) is 0.450. The van der Waals surface area contributed by atoms with Crippen LogP contribution in [-0.2, 0) is 9.59 Å². The Balaban J connectivity index is 1.58. The minimum atomic E-state index is -0.675. The molecule has 0 fully saturated rings. The van der Waals surface area contributed by atoms with Crippen molar-refractivity contribution in [1.29, 1.82) is 0 Å². The maximum atomic E-state index is 13.2. The summed E-state index contributed by atoms with van der Waals surface area (Å²) in [5.41, 5.74) is 2.22. The van der Waals surface area contributed by atoms with Crippen LogP contribution in [0, 0.1) is 6.92 Å². The van der Waals surface area contributed by atoms with Crippen LogP contribution in [0.3, 0.4) is 0 Å². The maximum Gasteiger partial charge on any atom is 0.283 e. The minimum Gasteiger partial charge on any atom is -0.495 e. The zero-order valence-corrected chi connectivity index (χ0v) is 19.7. The van der Waals surface area contributed by atoms with Gasteiger partial charge in [-0.05, 0) is 55.0 Å². The second kappa shape index (κ2) is 9.59.